The van der Waals surface area contributed by atoms with Crippen LogP contribution in [0.2, 0.25) is 0 Å². The second-order valence-electron chi connectivity index (χ2n) is 15.1. The number of aromatic nitrogens is 6. The van der Waals surface area contributed by atoms with Gasteiger partial charge in [0.1, 0.15) is 11.3 Å². The van der Waals surface area contributed by atoms with Crippen LogP contribution in [0, 0.1) is 6.92 Å². The summed E-state index contributed by atoms with van der Waals surface area (Å²) in [7, 11) is 0. The second kappa shape index (κ2) is 15.9. The van der Waals surface area contributed by atoms with E-state index in [0.717, 1.165) is 74.3 Å². The van der Waals surface area contributed by atoms with E-state index in [-0.39, 0.29) is 11.9 Å². The first-order chi connectivity index (χ1) is 29.7. The van der Waals surface area contributed by atoms with Crippen molar-refractivity contribution >= 4 is 11.7 Å². The van der Waals surface area contributed by atoms with Crippen molar-refractivity contribution in [2.75, 3.05) is 11.9 Å². The fourth-order valence-corrected chi connectivity index (χ4v) is 8.59. The molecule has 292 valence electrons. The van der Waals surface area contributed by atoms with Gasteiger partial charge in [-0.3, -0.25) is 0 Å². The minimum absolute atomic E-state index is 0.0781. The number of ether oxygens (including phenoxy) is 1. The predicted molar refractivity (Wildman–Crippen MR) is 234 cm³/mol. The zero-order chi connectivity index (χ0) is 40.3. The minimum Gasteiger partial charge on any atom is -0.491 e. The SMILES string of the molecule is Cc1ccc(-c2noc(Nc3cc(-c4ccccc4-c4nnnn4C(c4ccccc4)(c4ccccc4)c4ccccc4)cc4c3OCCCC4c3ccccc3)n2)cc1. The molecule has 1 aliphatic heterocycles. The standard InChI is InChI=1S/C51H41N7O2/c1-35-28-30-37(31-29-35)48-53-50(60-55-48)52-46-34-38(33-45-42(27-16-32-59-47(45)46)36-17-6-2-7-18-36)43-25-14-15-26-44(43)49-54-56-57-58(49)51(39-19-8-3-9-20-39,40-21-10-4-11-22-40)41-23-12-5-13-24-41/h2-15,17-26,28-31,33-34,42H,16,27,32H2,1H3,(H,52,53,55). The number of hydrogen-bond acceptors (Lipinski definition) is 8. The molecule has 0 radical (unpaired) electrons. The van der Waals surface area contributed by atoms with Crippen LogP contribution in [0.1, 0.15) is 52.1 Å². The van der Waals surface area contributed by atoms with Crippen molar-refractivity contribution < 1.29 is 9.26 Å². The molecular formula is C51H41N7O2. The maximum atomic E-state index is 6.62. The number of tetrazole rings is 1. The molecule has 60 heavy (non-hydrogen) atoms. The Hall–Kier alpha value is -7.65. The molecule has 0 aliphatic carbocycles. The number of benzene rings is 7. The highest BCUT2D eigenvalue weighted by atomic mass is 16.5. The van der Waals surface area contributed by atoms with Crippen LogP contribution in [-0.2, 0) is 5.54 Å². The third-order valence-electron chi connectivity index (χ3n) is 11.4. The zero-order valence-corrected chi connectivity index (χ0v) is 33.0. The van der Waals surface area contributed by atoms with Gasteiger partial charge in [0.2, 0.25) is 5.82 Å². The van der Waals surface area contributed by atoms with Gasteiger partial charge in [-0.1, -0.05) is 181 Å². The average molecular weight is 784 g/mol. The van der Waals surface area contributed by atoms with E-state index in [4.69, 9.17) is 24.6 Å². The number of hydrogen-bond donors (Lipinski definition) is 1. The van der Waals surface area contributed by atoms with Crippen molar-refractivity contribution in [3.05, 3.63) is 215 Å². The smallest absolute Gasteiger partial charge is 0.326 e. The molecule has 1 atom stereocenters. The summed E-state index contributed by atoms with van der Waals surface area (Å²) in [5.74, 6) is 1.95. The number of nitrogens with zero attached hydrogens (tertiary/aromatic N) is 6. The Morgan fingerprint density at radius 3 is 1.90 bits per heavy atom. The molecular weight excluding hydrogens is 743 g/mol. The highest BCUT2D eigenvalue weighted by molar-refractivity contribution is 5.85. The van der Waals surface area contributed by atoms with Crippen LogP contribution in [0.15, 0.2) is 187 Å². The van der Waals surface area contributed by atoms with E-state index in [9.17, 15) is 0 Å². The summed E-state index contributed by atoms with van der Waals surface area (Å²) in [6.07, 6.45) is 1.82. The van der Waals surface area contributed by atoms with E-state index < -0.39 is 5.54 Å². The van der Waals surface area contributed by atoms with E-state index in [1.165, 1.54) is 5.56 Å². The zero-order valence-electron chi connectivity index (χ0n) is 33.0. The number of fused-ring (bicyclic) bond motifs is 1. The molecule has 1 N–H and O–H groups in total. The molecule has 0 bridgehead atoms. The van der Waals surface area contributed by atoms with Crippen LogP contribution in [-0.4, -0.2) is 37.0 Å². The molecule has 0 saturated heterocycles. The lowest BCUT2D eigenvalue weighted by molar-refractivity contribution is 0.317. The Kier molecular flexibility index (Phi) is 9.75. The van der Waals surface area contributed by atoms with E-state index in [1.807, 2.05) is 53.2 Å². The Bertz CT molecular complexity index is 2760. The predicted octanol–water partition coefficient (Wildman–Crippen LogP) is 11.3. The van der Waals surface area contributed by atoms with E-state index in [1.54, 1.807) is 0 Å². The normalized spacial score (nSPS) is 13.8. The van der Waals surface area contributed by atoms with Crippen LogP contribution >= 0.6 is 0 Å². The monoisotopic (exact) mass is 783 g/mol. The van der Waals surface area contributed by atoms with Gasteiger partial charge in [-0.05, 0) is 75.7 Å². The summed E-state index contributed by atoms with van der Waals surface area (Å²) >= 11 is 0. The third-order valence-corrected chi connectivity index (χ3v) is 11.4. The summed E-state index contributed by atoms with van der Waals surface area (Å²) in [6, 6.07) is 63.1. The Morgan fingerprint density at radius 1 is 0.650 bits per heavy atom. The van der Waals surface area contributed by atoms with Crippen molar-refractivity contribution in [3.63, 3.8) is 0 Å². The third kappa shape index (κ3) is 6.69. The molecule has 3 heterocycles. The van der Waals surface area contributed by atoms with Crippen LogP contribution in [0.5, 0.6) is 5.75 Å². The summed E-state index contributed by atoms with van der Waals surface area (Å²) < 4.78 is 14.4. The molecule has 0 saturated carbocycles. The van der Waals surface area contributed by atoms with Crippen LogP contribution in [0.25, 0.3) is 33.9 Å². The van der Waals surface area contributed by atoms with Crippen molar-refractivity contribution in [1.82, 2.24) is 30.3 Å². The van der Waals surface area contributed by atoms with Crippen LogP contribution < -0.4 is 10.1 Å². The number of aryl methyl sites for hydroxylation is 1. The van der Waals surface area contributed by atoms with Crippen molar-refractivity contribution in [1.29, 1.82) is 0 Å². The first-order valence-corrected chi connectivity index (χ1v) is 20.3. The van der Waals surface area contributed by atoms with Gasteiger partial charge in [0, 0.05) is 22.6 Å². The Balaban J connectivity index is 1.17. The first kappa shape index (κ1) is 36.7. The first-order valence-electron chi connectivity index (χ1n) is 20.3. The molecule has 10 rings (SSSR count). The summed E-state index contributed by atoms with van der Waals surface area (Å²) in [5, 5.41) is 21.9. The molecule has 1 aliphatic rings. The molecule has 0 spiro atoms. The van der Waals surface area contributed by atoms with Crippen LogP contribution in [0.4, 0.5) is 11.7 Å². The van der Waals surface area contributed by atoms with Crippen molar-refractivity contribution in [2.45, 2.75) is 31.2 Å². The van der Waals surface area contributed by atoms with E-state index in [2.05, 4.69) is 156 Å². The number of rotatable bonds is 10. The second-order valence-corrected chi connectivity index (χ2v) is 15.1. The lowest BCUT2D eigenvalue weighted by atomic mass is 9.77. The topological polar surface area (TPSA) is 104 Å². The van der Waals surface area contributed by atoms with Gasteiger partial charge in [-0.25, -0.2) is 4.68 Å². The average Bonchev–Trinajstić information content (AvgIpc) is 3.94. The molecule has 1 unspecified atom stereocenters. The number of nitrogens with one attached hydrogen (secondary N) is 1. The molecule has 0 fully saturated rings. The number of anilines is 2. The van der Waals surface area contributed by atoms with Gasteiger partial charge >= 0.3 is 6.01 Å². The highest BCUT2D eigenvalue weighted by Gasteiger charge is 2.42. The summed E-state index contributed by atoms with van der Waals surface area (Å²) in [5.41, 5.74) is 9.97. The lowest BCUT2D eigenvalue weighted by Crippen LogP contribution is -2.39. The van der Waals surface area contributed by atoms with Gasteiger partial charge in [0.05, 0.1) is 12.3 Å². The maximum absolute atomic E-state index is 6.62. The fourth-order valence-electron chi connectivity index (χ4n) is 8.59. The van der Waals surface area contributed by atoms with Crippen LogP contribution in [0.3, 0.4) is 0 Å². The molecule has 0 amide bonds. The molecule has 2 aromatic heterocycles. The Labute approximate surface area is 348 Å². The van der Waals surface area contributed by atoms with Gasteiger partial charge in [0.25, 0.3) is 0 Å². The minimum atomic E-state index is -0.921. The maximum Gasteiger partial charge on any atom is 0.326 e. The lowest BCUT2D eigenvalue weighted by Gasteiger charge is -2.36. The molecule has 9 heteroatoms. The van der Waals surface area contributed by atoms with Gasteiger partial charge in [-0.2, -0.15) is 4.98 Å². The fraction of sp³-hybridized carbons (Fsp3) is 0.118. The van der Waals surface area contributed by atoms with E-state index >= 15 is 0 Å². The van der Waals surface area contributed by atoms with Crippen molar-refractivity contribution in [2.24, 2.45) is 0 Å². The summed E-state index contributed by atoms with van der Waals surface area (Å²) in [6.45, 7) is 2.63. The molecule has 9 aromatic rings. The van der Waals surface area contributed by atoms with Crippen molar-refractivity contribution in [3.8, 4) is 39.7 Å². The molecule has 7 aromatic carbocycles. The van der Waals surface area contributed by atoms with E-state index in [0.29, 0.717) is 18.3 Å². The summed E-state index contributed by atoms with van der Waals surface area (Å²) in [4.78, 5) is 4.77. The van der Waals surface area contributed by atoms with Gasteiger partial charge in [-0.15, -0.1) is 5.10 Å². The quantitative estimate of drug-likeness (QED) is 0.137. The molecule has 9 nitrogen and oxygen atoms in total. The van der Waals surface area contributed by atoms with Gasteiger partial charge in [0.15, 0.2) is 5.82 Å². The van der Waals surface area contributed by atoms with Gasteiger partial charge < -0.3 is 14.6 Å². The largest absolute Gasteiger partial charge is 0.491 e. The Morgan fingerprint density at radius 2 is 1.25 bits per heavy atom. The highest BCUT2D eigenvalue weighted by Crippen LogP contribution is 2.48.